The molecule has 26 heavy (non-hydrogen) atoms. The van der Waals surface area contributed by atoms with Crippen LogP contribution in [0.25, 0.3) is 0 Å². The first-order chi connectivity index (χ1) is 12.5. The van der Waals surface area contributed by atoms with Gasteiger partial charge in [-0.05, 0) is 24.5 Å². The number of para-hydroxylation sites is 1. The fourth-order valence-electron chi connectivity index (χ4n) is 2.40. The Morgan fingerprint density at radius 1 is 1.31 bits per heavy atom. The zero-order valence-corrected chi connectivity index (χ0v) is 16.2. The van der Waals surface area contributed by atoms with E-state index in [4.69, 9.17) is 4.74 Å². The first-order valence-corrected chi connectivity index (χ1v) is 9.65. The summed E-state index contributed by atoms with van der Waals surface area (Å²) in [6.07, 6.45) is 3.53. The van der Waals surface area contributed by atoms with Crippen molar-refractivity contribution in [3.63, 3.8) is 0 Å². The number of nitrogens with one attached hydrogen (secondary N) is 1. The van der Waals surface area contributed by atoms with Crippen LogP contribution in [0.15, 0.2) is 24.3 Å². The molecule has 7 heteroatoms. The van der Waals surface area contributed by atoms with Crippen molar-refractivity contribution in [2.75, 3.05) is 5.32 Å². The number of nitriles is 1. The molecule has 2 rings (SSSR count). The van der Waals surface area contributed by atoms with E-state index in [9.17, 15) is 10.1 Å². The Bertz CT molecular complexity index is 767. The number of unbranched alkanes of at least 4 members (excludes halogenated alkanes) is 2. The fraction of sp³-hybridized carbons (Fsp3) is 0.474. The lowest BCUT2D eigenvalue weighted by atomic mass is 10.1. The van der Waals surface area contributed by atoms with Crippen molar-refractivity contribution >= 4 is 22.4 Å². The number of nitrogens with zero attached hydrogens (tertiary/aromatic N) is 3. The van der Waals surface area contributed by atoms with E-state index < -0.39 is 6.10 Å². The quantitative estimate of drug-likeness (QED) is 0.667. The molecule has 138 valence electrons. The monoisotopic (exact) mass is 372 g/mol. The normalized spacial score (nSPS) is 11.8. The second kappa shape index (κ2) is 9.88. The number of carbonyl (C=O) groups excluding carboxylic acids is 1. The van der Waals surface area contributed by atoms with E-state index in [1.54, 1.807) is 24.3 Å². The molecule has 0 radical (unpaired) electrons. The molecule has 0 spiro atoms. The molecule has 0 aliphatic rings. The van der Waals surface area contributed by atoms with Gasteiger partial charge in [0.25, 0.3) is 5.91 Å². The SMILES string of the molecule is CCCCCc1nnc(NC(=O)C(Oc2ccccc2C#N)C(C)C)s1. The van der Waals surface area contributed by atoms with Gasteiger partial charge in [0.1, 0.15) is 16.8 Å². The number of hydrogen-bond donors (Lipinski definition) is 1. The van der Waals surface area contributed by atoms with Crippen LogP contribution in [-0.4, -0.2) is 22.2 Å². The van der Waals surface area contributed by atoms with Crippen LogP contribution in [0, 0.1) is 17.2 Å². The maximum Gasteiger partial charge on any atom is 0.267 e. The second-order valence-corrected chi connectivity index (χ2v) is 7.40. The minimum Gasteiger partial charge on any atom is -0.479 e. The molecule has 1 aromatic heterocycles. The van der Waals surface area contributed by atoms with Gasteiger partial charge in [0.05, 0.1) is 5.56 Å². The van der Waals surface area contributed by atoms with Gasteiger partial charge in [-0.25, -0.2) is 0 Å². The summed E-state index contributed by atoms with van der Waals surface area (Å²) in [7, 11) is 0. The van der Waals surface area contributed by atoms with Gasteiger partial charge in [-0.1, -0.05) is 57.1 Å². The lowest BCUT2D eigenvalue weighted by Gasteiger charge is -2.21. The Morgan fingerprint density at radius 2 is 2.08 bits per heavy atom. The molecule has 2 aromatic rings. The minimum absolute atomic E-state index is 0.0707. The van der Waals surface area contributed by atoms with Gasteiger partial charge in [-0.2, -0.15) is 5.26 Å². The van der Waals surface area contributed by atoms with E-state index in [-0.39, 0.29) is 11.8 Å². The standard InChI is InChI=1S/C19H24N4O2S/c1-4-5-6-11-16-22-23-19(26-16)21-18(24)17(13(2)3)25-15-10-8-7-9-14(15)12-20/h7-10,13,17H,4-6,11H2,1-3H3,(H,21,23,24). The van der Waals surface area contributed by atoms with E-state index in [1.165, 1.54) is 11.3 Å². The van der Waals surface area contributed by atoms with Gasteiger partial charge in [0, 0.05) is 6.42 Å². The van der Waals surface area contributed by atoms with Crippen molar-refractivity contribution < 1.29 is 9.53 Å². The zero-order chi connectivity index (χ0) is 18.9. The largest absolute Gasteiger partial charge is 0.479 e. The Balaban J connectivity index is 2.03. The molecule has 0 aliphatic carbocycles. The third kappa shape index (κ3) is 5.53. The molecule has 1 aromatic carbocycles. The van der Waals surface area contributed by atoms with Crippen molar-refractivity contribution in [3.8, 4) is 11.8 Å². The van der Waals surface area contributed by atoms with Crippen LogP contribution in [0.2, 0.25) is 0 Å². The molecule has 1 heterocycles. The van der Waals surface area contributed by atoms with Crippen molar-refractivity contribution in [2.45, 2.75) is 52.6 Å². The maximum absolute atomic E-state index is 12.6. The van der Waals surface area contributed by atoms with E-state index >= 15 is 0 Å². The average Bonchev–Trinajstić information content (AvgIpc) is 3.07. The number of aromatic nitrogens is 2. The third-order valence-corrected chi connectivity index (χ3v) is 4.71. The number of anilines is 1. The summed E-state index contributed by atoms with van der Waals surface area (Å²) >= 11 is 1.39. The zero-order valence-electron chi connectivity index (χ0n) is 15.4. The number of hydrogen-bond acceptors (Lipinski definition) is 6. The lowest BCUT2D eigenvalue weighted by Crippen LogP contribution is -2.37. The fourth-order valence-corrected chi connectivity index (χ4v) is 3.18. The van der Waals surface area contributed by atoms with E-state index in [0.717, 1.165) is 30.7 Å². The van der Waals surface area contributed by atoms with Gasteiger partial charge in [-0.15, -0.1) is 10.2 Å². The van der Waals surface area contributed by atoms with Crippen molar-refractivity contribution in [2.24, 2.45) is 5.92 Å². The summed E-state index contributed by atoms with van der Waals surface area (Å²) in [5.41, 5.74) is 0.403. The highest BCUT2D eigenvalue weighted by atomic mass is 32.1. The highest BCUT2D eigenvalue weighted by molar-refractivity contribution is 7.15. The molecule has 0 saturated heterocycles. The smallest absolute Gasteiger partial charge is 0.267 e. The summed E-state index contributed by atoms with van der Waals surface area (Å²) in [4.78, 5) is 12.6. The highest BCUT2D eigenvalue weighted by Gasteiger charge is 2.26. The van der Waals surface area contributed by atoms with Gasteiger partial charge in [0.15, 0.2) is 6.10 Å². The molecule has 0 bridgehead atoms. The topological polar surface area (TPSA) is 87.9 Å². The molecule has 1 unspecified atom stereocenters. The summed E-state index contributed by atoms with van der Waals surface area (Å²) in [5, 5.41) is 21.5. The van der Waals surface area contributed by atoms with Crippen LogP contribution < -0.4 is 10.1 Å². The summed E-state index contributed by atoms with van der Waals surface area (Å²) in [6, 6.07) is 8.97. The van der Waals surface area contributed by atoms with Gasteiger partial charge in [-0.3, -0.25) is 10.1 Å². The summed E-state index contributed by atoms with van der Waals surface area (Å²) in [5.74, 6) is 0.0454. The molecule has 6 nitrogen and oxygen atoms in total. The number of benzene rings is 1. The number of carbonyl (C=O) groups is 1. The predicted molar refractivity (Wildman–Crippen MR) is 102 cm³/mol. The van der Waals surface area contributed by atoms with Gasteiger partial charge >= 0.3 is 0 Å². The van der Waals surface area contributed by atoms with Gasteiger partial charge < -0.3 is 4.74 Å². The highest BCUT2D eigenvalue weighted by Crippen LogP contribution is 2.23. The Kier molecular flexibility index (Phi) is 7.54. The molecule has 0 fully saturated rings. The number of amides is 1. The molecule has 1 N–H and O–H groups in total. The Morgan fingerprint density at radius 3 is 2.77 bits per heavy atom. The van der Waals surface area contributed by atoms with E-state index in [1.807, 2.05) is 13.8 Å². The van der Waals surface area contributed by atoms with Gasteiger partial charge in [0.2, 0.25) is 5.13 Å². The molecular weight excluding hydrogens is 348 g/mol. The minimum atomic E-state index is -0.725. The van der Waals surface area contributed by atoms with E-state index in [2.05, 4.69) is 28.5 Å². The Hall–Kier alpha value is -2.46. The molecule has 1 atom stereocenters. The predicted octanol–water partition coefficient (Wildman–Crippen LogP) is 4.18. The van der Waals surface area contributed by atoms with Crippen molar-refractivity contribution in [3.05, 3.63) is 34.8 Å². The van der Waals surface area contributed by atoms with Crippen LogP contribution in [0.1, 0.15) is 50.6 Å². The third-order valence-electron chi connectivity index (χ3n) is 3.82. The van der Waals surface area contributed by atoms with Crippen LogP contribution in [-0.2, 0) is 11.2 Å². The first kappa shape index (κ1) is 19.9. The van der Waals surface area contributed by atoms with Crippen LogP contribution in [0.5, 0.6) is 5.75 Å². The average molecular weight is 372 g/mol. The van der Waals surface area contributed by atoms with Crippen LogP contribution in [0.3, 0.4) is 0 Å². The molecule has 0 saturated carbocycles. The van der Waals surface area contributed by atoms with Crippen LogP contribution in [0.4, 0.5) is 5.13 Å². The van der Waals surface area contributed by atoms with Crippen molar-refractivity contribution in [1.29, 1.82) is 5.26 Å². The first-order valence-electron chi connectivity index (χ1n) is 8.84. The van der Waals surface area contributed by atoms with E-state index in [0.29, 0.717) is 16.4 Å². The van der Waals surface area contributed by atoms with Crippen molar-refractivity contribution in [1.82, 2.24) is 10.2 Å². The molecule has 1 amide bonds. The number of rotatable bonds is 9. The summed E-state index contributed by atoms with van der Waals surface area (Å²) in [6.45, 7) is 5.95. The number of aryl methyl sites for hydroxylation is 1. The van der Waals surface area contributed by atoms with Crippen LogP contribution >= 0.6 is 11.3 Å². The second-order valence-electron chi connectivity index (χ2n) is 6.34. The molecular formula is C19H24N4O2S. The summed E-state index contributed by atoms with van der Waals surface area (Å²) < 4.78 is 5.84. The molecule has 0 aliphatic heterocycles. The number of ether oxygens (including phenoxy) is 1. The Labute approximate surface area is 158 Å². The lowest BCUT2D eigenvalue weighted by molar-refractivity contribution is -0.124. The maximum atomic E-state index is 12.6.